The Labute approximate surface area is 120 Å². The molecule has 0 aliphatic carbocycles. The predicted molar refractivity (Wildman–Crippen MR) is 77.6 cm³/mol. The van der Waals surface area contributed by atoms with Crippen LogP contribution in [0.1, 0.15) is 19.4 Å². The highest BCUT2D eigenvalue weighted by atomic mass is 32.2. The summed E-state index contributed by atoms with van der Waals surface area (Å²) in [7, 11) is -3.48. The van der Waals surface area contributed by atoms with E-state index in [0.29, 0.717) is 25.7 Å². The molecule has 0 unspecified atom stereocenters. The fourth-order valence-electron chi connectivity index (χ4n) is 2.28. The summed E-state index contributed by atoms with van der Waals surface area (Å²) in [5.41, 5.74) is 6.32. The van der Waals surface area contributed by atoms with Crippen molar-refractivity contribution in [3.8, 4) is 0 Å². The molecule has 1 aliphatic rings. The topological polar surface area (TPSA) is 79.5 Å². The van der Waals surface area contributed by atoms with Gasteiger partial charge in [-0.05, 0) is 25.5 Å². The Balaban J connectivity index is 2.11. The van der Waals surface area contributed by atoms with E-state index in [1.54, 1.807) is 6.07 Å². The molecule has 0 atom stereocenters. The van der Waals surface area contributed by atoms with Crippen LogP contribution in [-0.2, 0) is 16.6 Å². The molecule has 2 N–H and O–H groups in total. The van der Waals surface area contributed by atoms with Crippen molar-refractivity contribution in [2.24, 2.45) is 5.73 Å². The molecule has 6 nitrogen and oxygen atoms in total. The maximum Gasteiger partial charge on any atom is 0.260 e. The zero-order valence-electron chi connectivity index (χ0n) is 12.0. The molecule has 20 heavy (non-hydrogen) atoms. The van der Waals surface area contributed by atoms with Gasteiger partial charge in [-0.2, -0.15) is 4.31 Å². The van der Waals surface area contributed by atoms with Gasteiger partial charge in [-0.1, -0.05) is 6.07 Å². The average Bonchev–Trinajstić information content (AvgIpc) is 2.47. The summed E-state index contributed by atoms with van der Waals surface area (Å²) >= 11 is 0. The lowest BCUT2D eigenvalue weighted by atomic mass is 10.3. The monoisotopic (exact) mass is 298 g/mol. The summed E-state index contributed by atoms with van der Waals surface area (Å²) in [6.45, 7) is 7.16. The summed E-state index contributed by atoms with van der Waals surface area (Å²) in [6.07, 6.45) is 1.53. The molecular weight excluding hydrogens is 276 g/mol. The molecular formula is C13H22N4O2S. The van der Waals surface area contributed by atoms with E-state index in [-0.39, 0.29) is 5.03 Å². The van der Waals surface area contributed by atoms with Crippen LogP contribution in [-0.4, -0.2) is 54.8 Å². The van der Waals surface area contributed by atoms with E-state index < -0.39 is 10.0 Å². The van der Waals surface area contributed by atoms with Gasteiger partial charge in [0, 0.05) is 45.0 Å². The van der Waals surface area contributed by atoms with Gasteiger partial charge in [0.05, 0.1) is 0 Å². The molecule has 2 heterocycles. The molecule has 112 valence electrons. The zero-order chi connectivity index (χ0) is 14.8. The van der Waals surface area contributed by atoms with Gasteiger partial charge in [-0.25, -0.2) is 13.4 Å². The van der Waals surface area contributed by atoms with Crippen molar-refractivity contribution in [2.45, 2.75) is 31.5 Å². The Morgan fingerprint density at radius 3 is 2.35 bits per heavy atom. The second-order valence-electron chi connectivity index (χ2n) is 5.24. The standard InChI is InChI=1S/C13H22N4O2S/c1-11(2)16-5-7-17(8-6-16)20(18,19)13-4-3-12(9-14)10-15-13/h3-4,10-11H,5-9,14H2,1-2H3. The highest BCUT2D eigenvalue weighted by Gasteiger charge is 2.29. The van der Waals surface area contributed by atoms with Gasteiger partial charge in [-0.3, -0.25) is 4.90 Å². The van der Waals surface area contributed by atoms with Crippen LogP contribution in [0.2, 0.25) is 0 Å². The van der Waals surface area contributed by atoms with Crippen LogP contribution in [0.15, 0.2) is 23.4 Å². The van der Waals surface area contributed by atoms with Crippen LogP contribution in [0, 0.1) is 0 Å². The van der Waals surface area contributed by atoms with Gasteiger partial charge < -0.3 is 5.73 Å². The van der Waals surface area contributed by atoms with E-state index in [0.717, 1.165) is 18.7 Å². The molecule has 0 bridgehead atoms. The van der Waals surface area contributed by atoms with E-state index in [2.05, 4.69) is 23.7 Å². The van der Waals surface area contributed by atoms with Crippen LogP contribution in [0.4, 0.5) is 0 Å². The van der Waals surface area contributed by atoms with Crippen LogP contribution < -0.4 is 5.73 Å². The van der Waals surface area contributed by atoms with E-state index in [9.17, 15) is 8.42 Å². The van der Waals surface area contributed by atoms with Gasteiger partial charge in [0.25, 0.3) is 10.0 Å². The average molecular weight is 298 g/mol. The highest BCUT2D eigenvalue weighted by Crippen LogP contribution is 2.16. The Morgan fingerprint density at radius 2 is 1.90 bits per heavy atom. The van der Waals surface area contributed by atoms with Gasteiger partial charge >= 0.3 is 0 Å². The zero-order valence-corrected chi connectivity index (χ0v) is 12.8. The number of piperazine rings is 1. The van der Waals surface area contributed by atoms with Crippen molar-refractivity contribution >= 4 is 10.0 Å². The normalized spacial score (nSPS) is 18.6. The lowest BCUT2D eigenvalue weighted by Gasteiger charge is -2.35. The van der Waals surface area contributed by atoms with E-state index >= 15 is 0 Å². The fourth-order valence-corrected chi connectivity index (χ4v) is 3.61. The maximum absolute atomic E-state index is 12.5. The minimum atomic E-state index is -3.48. The molecule has 1 saturated heterocycles. The molecule has 0 radical (unpaired) electrons. The Morgan fingerprint density at radius 1 is 1.25 bits per heavy atom. The lowest BCUT2D eigenvalue weighted by Crippen LogP contribution is -2.50. The molecule has 0 spiro atoms. The summed E-state index contributed by atoms with van der Waals surface area (Å²) in [4.78, 5) is 6.30. The summed E-state index contributed by atoms with van der Waals surface area (Å²) in [5, 5.41) is 0.104. The first-order valence-corrected chi connectivity index (χ1v) is 8.28. The van der Waals surface area contributed by atoms with E-state index in [4.69, 9.17) is 5.73 Å². The van der Waals surface area contributed by atoms with Crippen molar-refractivity contribution in [1.82, 2.24) is 14.2 Å². The number of nitrogens with zero attached hydrogens (tertiary/aromatic N) is 3. The first-order valence-electron chi connectivity index (χ1n) is 6.84. The Kier molecular flexibility index (Phi) is 4.74. The maximum atomic E-state index is 12.5. The van der Waals surface area contributed by atoms with Gasteiger partial charge in [-0.15, -0.1) is 0 Å². The second-order valence-corrected chi connectivity index (χ2v) is 7.13. The number of pyridine rings is 1. The first-order chi connectivity index (χ1) is 9.45. The van der Waals surface area contributed by atoms with Crippen molar-refractivity contribution < 1.29 is 8.42 Å². The highest BCUT2D eigenvalue weighted by molar-refractivity contribution is 7.89. The number of sulfonamides is 1. The van der Waals surface area contributed by atoms with Crippen LogP contribution in [0.25, 0.3) is 0 Å². The molecule has 2 rings (SSSR count). The first kappa shape index (κ1) is 15.4. The third-order valence-corrected chi connectivity index (χ3v) is 5.46. The molecule has 1 aromatic rings. The number of nitrogens with two attached hydrogens (primary N) is 1. The number of hydrogen-bond acceptors (Lipinski definition) is 5. The summed E-state index contributed by atoms with van der Waals surface area (Å²) in [6, 6.07) is 3.69. The molecule has 1 aromatic heterocycles. The molecule has 0 aromatic carbocycles. The predicted octanol–water partition coefficient (Wildman–Crippen LogP) is 0.255. The number of hydrogen-bond donors (Lipinski definition) is 1. The smallest absolute Gasteiger partial charge is 0.260 e. The van der Waals surface area contributed by atoms with Crippen LogP contribution in [0.3, 0.4) is 0 Å². The third-order valence-electron chi connectivity index (χ3n) is 3.64. The minimum Gasteiger partial charge on any atom is -0.326 e. The number of rotatable bonds is 4. The van der Waals surface area contributed by atoms with E-state index in [1.807, 2.05) is 0 Å². The lowest BCUT2D eigenvalue weighted by molar-refractivity contribution is 0.154. The fraction of sp³-hybridized carbons (Fsp3) is 0.615. The quantitative estimate of drug-likeness (QED) is 0.862. The Bertz CT molecular complexity index is 534. The van der Waals surface area contributed by atoms with E-state index in [1.165, 1.54) is 16.6 Å². The molecule has 0 amide bonds. The van der Waals surface area contributed by atoms with Gasteiger partial charge in [0.2, 0.25) is 0 Å². The van der Waals surface area contributed by atoms with Crippen molar-refractivity contribution in [2.75, 3.05) is 26.2 Å². The molecule has 1 aliphatic heterocycles. The minimum absolute atomic E-state index is 0.104. The van der Waals surface area contributed by atoms with Gasteiger partial charge in [0.15, 0.2) is 5.03 Å². The van der Waals surface area contributed by atoms with Crippen molar-refractivity contribution in [1.29, 1.82) is 0 Å². The largest absolute Gasteiger partial charge is 0.326 e. The van der Waals surface area contributed by atoms with Crippen LogP contribution >= 0.6 is 0 Å². The Hall–Kier alpha value is -1.02. The SMILES string of the molecule is CC(C)N1CCN(S(=O)(=O)c2ccc(CN)cn2)CC1. The van der Waals surface area contributed by atoms with Gasteiger partial charge in [0.1, 0.15) is 0 Å². The molecule has 1 fully saturated rings. The molecule has 7 heteroatoms. The summed E-state index contributed by atoms with van der Waals surface area (Å²) in [5.74, 6) is 0. The molecule has 0 saturated carbocycles. The van der Waals surface area contributed by atoms with Crippen LogP contribution in [0.5, 0.6) is 0 Å². The summed E-state index contributed by atoms with van der Waals surface area (Å²) < 4.78 is 26.5. The van der Waals surface area contributed by atoms with Crippen molar-refractivity contribution in [3.63, 3.8) is 0 Å². The number of aromatic nitrogens is 1. The third kappa shape index (κ3) is 3.17. The van der Waals surface area contributed by atoms with Crippen molar-refractivity contribution in [3.05, 3.63) is 23.9 Å². The second kappa shape index (κ2) is 6.17.